The molecule has 1 aromatic heterocycles. The SMILES string of the molecule is Cc1nccc(C(CC(C)C)NN)n1. The van der Waals surface area contributed by atoms with Gasteiger partial charge in [0, 0.05) is 6.20 Å². The summed E-state index contributed by atoms with van der Waals surface area (Å²) in [6, 6.07) is 2.02. The Kier molecular flexibility index (Phi) is 3.98. The maximum atomic E-state index is 5.49. The third-order valence-corrected chi connectivity index (χ3v) is 2.06. The van der Waals surface area contributed by atoms with Crippen LogP contribution in [0.25, 0.3) is 0 Å². The second-order valence-electron chi connectivity index (χ2n) is 3.88. The van der Waals surface area contributed by atoms with Crippen molar-refractivity contribution >= 4 is 0 Å². The molecule has 0 aliphatic rings. The Morgan fingerprint density at radius 2 is 2.21 bits per heavy atom. The second-order valence-corrected chi connectivity index (χ2v) is 3.88. The first kappa shape index (κ1) is 11.1. The molecule has 14 heavy (non-hydrogen) atoms. The molecule has 0 aliphatic carbocycles. The highest BCUT2D eigenvalue weighted by Gasteiger charge is 2.12. The van der Waals surface area contributed by atoms with Gasteiger partial charge in [0.05, 0.1) is 11.7 Å². The smallest absolute Gasteiger partial charge is 0.125 e. The first-order chi connectivity index (χ1) is 6.63. The molecule has 1 unspecified atom stereocenters. The van der Waals surface area contributed by atoms with Crippen molar-refractivity contribution in [2.75, 3.05) is 0 Å². The maximum absolute atomic E-state index is 5.49. The van der Waals surface area contributed by atoms with Gasteiger partial charge >= 0.3 is 0 Å². The summed E-state index contributed by atoms with van der Waals surface area (Å²) in [6.45, 7) is 6.21. The molecule has 1 heterocycles. The monoisotopic (exact) mass is 194 g/mol. The van der Waals surface area contributed by atoms with Crippen LogP contribution in [0.1, 0.15) is 37.8 Å². The summed E-state index contributed by atoms with van der Waals surface area (Å²) < 4.78 is 0. The Balaban J connectivity index is 2.78. The molecule has 0 aromatic carbocycles. The zero-order valence-corrected chi connectivity index (χ0v) is 8.99. The van der Waals surface area contributed by atoms with E-state index in [1.54, 1.807) is 6.20 Å². The van der Waals surface area contributed by atoms with E-state index >= 15 is 0 Å². The summed E-state index contributed by atoms with van der Waals surface area (Å²) in [5, 5.41) is 0. The van der Waals surface area contributed by atoms with E-state index in [4.69, 9.17) is 5.84 Å². The lowest BCUT2D eigenvalue weighted by molar-refractivity contribution is 0.429. The van der Waals surface area contributed by atoms with Crippen molar-refractivity contribution in [1.29, 1.82) is 0 Å². The van der Waals surface area contributed by atoms with Gasteiger partial charge in [0.1, 0.15) is 5.82 Å². The van der Waals surface area contributed by atoms with Crippen LogP contribution in [0, 0.1) is 12.8 Å². The van der Waals surface area contributed by atoms with Crippen LogP contribution in [-0.2, 0) is 0 Å². The van der Waals surface area contributed by atoms with Crippen LogP contribution in [0.15, 0.2) is 12.3 Å². The Bertz CT molecular complexity index is 285. The van der Waals surface area contributed by atoms with Crippen molar-refractivity contribution in [3.63, 3.8) is 0 Å². The van der Waals surface area contributed by atoms with E-state index in [1.807, 2.05) is 13.0 Å². The highest BCUT2D eigenvalue weighted by Crippen LogP contribution is 2.17. The molecule has 0 amide bonds. The highest BCUT2D eigenvalue weighted by atomic mass is 15.2. The van der Waals surface area contributed by atoms with Crippen LogP contribution in [0.3, 0.4) is 0 Å². The Morgan fingerprint density at radius 3 is 2.71 bits per heavy atom. The Labute approximate surface area is 84.9 Å². The number of nitrogens with two attached hydrogens (primary N) is 1. The molecule has 0 radical (unpaired) electrons. The average molecular weight is 194 g/mol. The molecule has 4 heteroatoms. The van der Waals surface area contributed by atoms with Gasteiger partial charge in [0.15, 0.2) is 0 Å². The first-order valence-corrected chi connectivity index (χ1v) is 4.89. The van der Waals surface area contributed by atoms with Gasteiger partial charge in [-0.15, -0.1) is 0 Å². The summed E-state index contributed by atoms with van der Waals surface area (Å²) in [4.78, 5) is 8.40. The van der Waals surface area contributed by atoms with Gasteiger partial charge in [-0.2, -0.15) is 0 Å². The summed E-state index contributed by atoms with van der Waals surface area (Å²) in [5.41, 5.74) is 3.75. The molecule has 0 aliphatic heterocycles. The minimum atomic E-state index is 0.122. The highest BCUT2D eigenvalue weighted by molar-refractivity contribution is 5.07. The third-order valence-electron chi connectivity index (χ3n) is 2.06. The van der Waals surface area contributed by atoms with Crippen LogP contribution < -0.4 is 11.3 Å². The van der Waals surface area contributed by atoms with Crippen molar-refractivity contribution in [2.45, 2.75) is 33.2 Å². The summed E-state index contributed by atoms with van der Waals surface area (Å²) in [6.07, 6.45) is 2.75. The molecule has 1 atom stereocenters. The minimum Gasteiger partial charge on any atom is -0.271 e. The van der Waals surface area contributed by atoms with E-state index in [1.165, 1.54) is 0 Å². The zero-order chi connectivity index (χ0) is 10.6. The molecule has 0 saturated heterocycles. The fraction of sp³-hybridized carbons (Fsp3) is 0.600. The van der Waals surface area contributed by atoms with E-state index in [0.29, 0.717) is 5.92 Å². The molecule has 0 spiro atoms. The Morgan fingerprint density at radius 1 is 1.50 bits per heavy atom. The van der Waals surface area contributed by atoms with E-state index in [9.17, 15) is 0 Å². The number of aromatic nitrogens is 2. The lowest BCUT2D eigenvalue weighted by Gasteiger charge is -2.17. The number of nitrogens with one attached hydrogen (secondary N) is 1. The maximum Gasteiger partial charge on any atom is 0.125 e. The van der Waals surface area contributed by atoms with Crippen LogP contribution in [0.2, 0.25) is 0 Å². The molecule has 4 nitrogen and oxygen atoms in total. The minimum absolute atomic E-state index is 0.122. The van der Waals surface area contributed by atoms with Gasteiger partial charge in [-0.05, 0) is 25.3 Å². The number of hydrogen-bond donors (Lipinski definition) is 2. The first-order valence-electron chi connectivity index (χ1n) is 4.89. The van der Waals surface area contributed by atoms with Crippen LogP contribution in [-0.4, -0.2) is 9.97 Å². The number of nitrogens with zero attached hydrogens (tertiary/aromatic N) is 2. The van der Waals surface area contributed by atoms with Gasteiger partial charge in [-0.3, -0.25) is 11.3 Å². The molecule has 3 N–H and O–H groups in total. The normalized spacial score (nSPS) is 13.2. The topological polar surface area (TPSA) is 63.8 Å². The molecular weight excluding hydrogens is 176 g/mol. The van der Waals surface area contributed by atoms with Crippen molar-refractivity contribution in [3.05, 3.63) is 23.8 Å². The quantitative estimate of drug-likeness (QED) is 0.560. The molecule has 0 bridgehead atoms. The number of rotatable bonds is 4. The lowest BCUT2D eigenvalue weighted by atomic mass is 10.0. The summed E-state index contributed by atoms with van der Waals surface area (Å²) in [5.74, 6) is 6.87. The van der Waals surface area contributed by atoms with Crippen LogP contribution in [0.5, 0.6) is 0 Å². The largest absolute Gasteiger partial charge is 0.271 e. The van der Waals surface area contributed by atoms with Gasteiger partial charge in [-0.1, -0.05) is 13.8 Å². The van der Waals surface area contributed by atoms with Gasteiger partial charge in [0.25, 0.3) is 0 Å². The van der Waals surface area contributed by atoms with Crippen LogP contribution >= 0.6 is 0 Å². The second kappa shape index (κ2) is 5.02. The number of aryl methyl sites for hydroxylation is 1. The third kappa shape index (κ3) is 3.05. The number of hydrazine groups is 1. The fourth-order valence-electron chi connectivity index (χ4n) is 1.41. The van der Waals surface area contributed by atoms with E-state index in [0.717, 1.165) is 17.9 Å². The van der Waals surface area contributed by atoms with E-state index in [-0.39, 0.29) is 6.04 Å². The Hall–Kier alpha value is -1.00. The summed E-state index contributed by atoms with van der Waals surface area (Å²) >= 11 is 0. The summed E-state index contributed by atoms with van der Waals surface area (Å²) in [7, 11) is 0. The van der Waals surface area contributed by atoms with Gasteiger partial charge < -0.3 is 0 Å². The number of hydrogen-bond acceptors (Lipinski definition) is 4. The van der Waals surface area contributed by atoms with Crippen molar-refractivity contribution in [2.24, 2.45) is 11.8 Å². The molecular formula is C10H18N4. The van der Waals surface area contributed by atoms with Crippen LogP contribution in [0.4, 0.5) is 0 Å². The standard InChI is InChI=1S/C10H18N4/c1-7(2)6-10(14-11)9-4-5-12-8(3)13-9/h4-5,7,10,14H,6,11H2,1-3H3. The van der Waals surface area contributed by atoms with Gasteiger partial charge in [-0.25, -0.2) is 9.97 Å². The lowest BCUT2D eigenvalue weighted by Crippen LogP contribution is -2.29. The van der Waals surface area contributed by atoms with E-state index in [2.05, 4.69) is 29.2 Å². The molecule has 0 fully saturated rings. The predicted molar refractivity (Wildman–Crippen MR) is 56.3 cm³/mol. The molecule has 1 rings (SSSR count). The molecule has 78 valence electrons. The average Bonchev–Trinajstić information content (AvgIpc) is 2.14. The fourth-order valence-corrected chi connectivity index (χ4v) is 1.41. The molecule has 0 saturated carbocycles. The zero-order valence-electron chi connectivity index (χ0n) is 8.99. The van der Waals surface area contributed by atoms with Crippen molar-refractivity contribution in [3.8, 4) is 0 Å². The predicted octanol–water partition coefficient (Wildman–Crippen LogP) is 1.34. The van der Waals surface area contributed by atoms with E-state index < -0.39 is 0 Å². The molecule has 1 aromatic rings. The van der Waals surface area contributed by atoms with Gasteiger partial charge in [0.2, 0.25) is 0 Å². The van der Waals surface area contributed by atoms with Crippen molar-refractivity contribution in [1.82, 2.24) is 15.4 Å². The van der Waals surface area contributed by atoms with Crippen molar-refractivity contribution < 1.29 is 0 Å².